The Balaban J connectivity index is 1.35. The van der Waals surface area contributed by atoms with Crippen molar-refractivity contribution in [2.75, 3.05) is 32.7 Å². The lowest BCUT2D eigenvalue weighted by Gasteiger charge is -2.31. The van der Waals surface area contributed by atoms with Crippen molar-refractivity contribution >= 4 is 32.7 Å². The Bertz CT molecular complexity index is 1090. The minimum Gasteiger partial charge on any atom is -0.356 e. The Kier molecular flexibility index (Phi) is 6.85. The van der Waals surface area contributed by atoms with E-state index in [0.29, 0.717) is 45.3 Å². The summed E-state index contributed by atoms with van der Waals surface area (Å²) in [5.41, 5.74) is 1.01. The fourth-order valence-corrected chi connectivity index (χ4v) is 6.26. The Morgan fingerprint density at radius 3 is 2.78 bits per heavy atom. The van der Waals surface area contributed by atoms with Gasteiger partial charge in [0, 0.05) is 62.8 Å². The first-order chi connectivity index (χ1) is 15.4. The smallest absolute Gasteiger partial charge is 0.243 e. The number of amides is 2. The van der Waals surface area contributed by atoms with Gasteiger partial charge in [0.1, 0.15) is 0 Å². The molecule has 0 saturated carbocycles. The van der Waals surface area contributed by atoms with Gasteiger partial charge < -0.3 is 14.8 Å². The van der Waals surface area contributed by atoms with Crippen molar-refractivity contribution in [2.24, 2.45) is 5.92 Å². The first kappa shape index (κ1) is 22.8. The van der Waals surface area contributed by atoms with Crippen LogP contribution in [-0.2, 0) is 26.2 Å². The number of carbonyl (C=O) groups excluding carboxylic acids is 2. The lowest BCUT2D eigenvalue weighted by molar-refractivity contribution is -0.127. The second-order valence-electron chi connectivity index (χ2n) is 8.65. The molecule has 174 valence electrons. The molecule has 1 atom stereocenters. The van der Waals surface area contributed by atoms with Gasteiger partial charge in [0.2, 0.25) is 21.8 Å². The van der Waals surface area contributed by atoms with Gasteiger partial charge >= 0.3 is 0 Å². The molecule has 1 aromatic heterocycles. The van der Waals surface area contributed by atoms with Crippen molar-refractivity contribution in [2.45, 2.75) is 50.5 Å². The predicted octanol–water partition coefficient (Wildman–Crippen LogP) is 2.19. The van der Waals surface area contributed by atoms with Gasteiger partial charge in [-0.3, -0.25) is 9.59 Å². The summed E-state index contributed by atoms with van der Waals surface area (Å²) in [7, 11) is -3.66. The molecule has 0 radical (unpaired) electrons. The molecule has 2 saturated heterocycles. The summed E-state index contributed by atoms with van der Waals surface area (Å²) >= 11 is 0. The molecule has 2 aliphatic heterocycles. The third kappa shape index (κ3) is 4.68. The van der Waals surface area contributed by atoms with E-state index >= 15 is 0 Å². The van der Waals surface area contributed by atoms with Crippen LogP contribution in [0.2, 0.25) is 0 Å². The highest BCUT2D eigenvalue weighted by Gasteiger charge is 2.33. The van der Waals surface area contributed by atoms with Crippen LogP contribution in [0.25, 0.3) is 10.9 Å². The second kappa shape index (κ2) is 9.62. The summed E-state index contributed by atoms with van der Waals surface area (Å²) < 4.78 is 30.0. The molecule has 32 heavy (non-hydrogen) atoms. The van der Waals surface area contributed by atoms with Crippen LogP contribution < -0.4 is 5.32 Å². The summed E-state index contributed by atoms with van der Waals surface area (Å²) in [5, 5.41) is 3.83. The fourth-order valence-electron chi connectivity index (χ4n) is 4.70. The van der Waals surface area contributed by atoms with Crippen LogP contribution in [0.15, 0.2) is 35.4 Å². The van der Waals surface area contributed by atoms with Crippen LogP contribution in [0.3, 0.4) is 0 Å². The zero-order chi connectivity index (χ0) is 22.7. The van der Waals surface area contributed by atoms with Crippen molar-refractivity contribution in [3.8, 4) is 0 Å². The first-order valence-electron chi connectivity index (χ1n) is 11.5. The number of aromatic nitrogens is 1. The van der Waals surface area contributed by atoms with E-state index in [1.165, 1.54) is 4.31 Å². The fraction of sp³-hybridized carbons (Fsp3) is 0.565. The monoisotopic (exact) mass is 460 g/mol. The molecule has 8 nitrogen and oxygen atoms in total. The molecule has 1 aromatic carbocycles. The molecular weight excluding hydrogens is 428 g/mol. The van der Waals surface area contributed by atoms with Crippen LogP contribution in [0.5, 0.6) is 0 Å². The predicted molar refractivity (Wildman–Crippen MR) is 123 cm³/mol. The molecule has 1 N–H and O–H groups in total. The summed E-state index contributed by atoms with van der Waals surface area (Å²) in [6, 6.07) is 7.16. The van der Waals surface area contributed by atoms with Gasteiger partial charge in [-0.2, -0.15) is 4.31 Å². The largest absolute Gasteiger partial charge is 0.356 e. The van der Waals surface area contributed by atoms with Crippen molar-refractivity contribution in [3.05, 3.63) is 30.5 Å². The van der Waals surface area contributed by atoms with Crippen molar-refractivity contribution in [3.63, 3.8) is 0 Å². The second-order valence-corrected chi connectivity index (χ2v) is 10.6. The van der Waals surface area contributed by atoms with Gasteiger partial charge in [0.05, 0.1) is 10.8 Å². The van der Waals surface area contributed by atoms with Crippen LogP contribution in [0.4, 0.5) is 0 Å². The number of piperidine rings is 1. The molecule has 3 heterocycles. The molecular formula is C23H32N4O4S. The number of aryl methyl sites for hydroxylation is 1. The Morgan fingerprint density at radius 2 is 2.03 bits per heavy atom. The normalized spacial score (nSPS) is 20.2. The number of rotatable bonds is 8. The van der Waals surface area contributed by atoms with E-state index < -0.39 is 10.0 Å². The van der Waals surface area contributed by atoms with Crippen LogP contribution >= 0.6 is 0 Å². The van der Waals surface area contributed by atoms with Crippen molar-refractivity contribution in [1.29, 1.82) is 0 Å². The van der Waals surface area contributed by atoms with Crippen molar-refractivity contribution in [1.82, 2.24) is 19.1 Å². The average Bonchev–Trinajstić information content (AvgIpc) is 3.41. The average molecular weight is 461 g/mol. The third-order valence-electron chi connectivity index (χ3n) is 6.55. The van der Waals surface area contributed by atoms with E-state index in [-0.39, 0.29) is 29.2 Å². The van der Waals surface area contributed by atoms with Gasteiger partial charge in [0.25, 0.3) is 0 Å². The summed E-state index contributed by atoms with van der Waals surface area (Å²) in [6.45, 7) is 5.46. The Labute approximate surface area is 189 Å². The molecule has 0 spiro atoms. The van der Waals surface area contributed by atoms with Crippen LogP contribution in [-0.4, -0.2) is 66.7 Å². The van der Waals surface area contributed by atoms with Gasteiger partial charge in [-0.25, -0.2) is 8.42 Å². The summed E-state index contributed by atoms with van der Waals surface area (Å²) in [5.74, 6) is -0.265. The molecule has 2 aliphatic rings. The highest BCUT2D eigenvalue weighted by Crippen LogP contribution is 2.27. The van der Waals surface area contributed by atoms with E-state index in [4.69, 9.17) is 0 Å². The van der Waals surface area contributed by atoms with Gasteiger partial charge in [-0.05, 0) is 56.9 Å². The van der Waals surface area contributed by atoms with Crippen LogP contribution in [0, 0.1) is 5.92 Å². The van der Waals surface area contributed by atoms with Gasteiger partial charge in [-0.15, -0.1) is 0 Å². The van der Waals surface area contributed by atoms with Gasteiger partial charge in [-0.1, -0.05) is 0 Å². The summed E-state index contributed by atoms with van der Waals surface area (Å²) in [4.78, 5) is 26.4. The lowest BCUT2D eigenvalue weighted by atomic mass is 9.99. The minimum absolute atomic E-state index is 0.104. The molecule has 0 aliphatic carbocycles. The molecule has 9 heteroatoms. The number of likely N-dealkylation sites (tertiary alicyclic amines) is 1. The first-order valence-corrected chi connectivity index (χ1v) is 13.0. The highest BCUT2D eigenvalue weighted by atomic mass is 32.2. The number of nitrogens with one attached hydrogen (secondary N) is 1. The maximum Gasteiger partial charge on any atom is 0.243 e. The lowest BCUT2D eigenvalue weighted by Crippen LogP contribution is -2.45. The molecule has 0 unspecified atom stereocenters. The number of hydrogen-bond acceptors (Lipinski definition) is 4. The molecule has 2 amide bonds. The molecule has 2 aromatic rings. The SMILES string of the molecule is CCn1ccc2cc(S(=O)(=O)N3CCC[C@H](C(=O)NCCCN4CCCC4=O)C3)ccc21. The quantitative estimate of drug-likeness (QED) is 0.612. The van der Waals surface area contributed by atoms with Crippen LogP contribution in [0.1, 0.15) is 39.0 Å². The summed E-state index contributed by atoms with van der Waals surface area (Å²) in [6.07, 6.45) is 5.55. The number of hydrogen-bond donors (Lipinski definition) is 1. The maximum absolute atomic E-state index is 13.3. The Hall–Kier alpha value is -2.39. The number of sulfonamides is 1. The van der Waals surface area contributed by atoms with E-state index in [1.807, 2.05) is 23.2 Å². The zero-order valence-electron chi connectivity index (χ0n) is 18.6. The molecule has 4 rings (SSSR count). The van der Waals surface area contributed by atoms with Crippen molar-refractivity contribution < 1.29 is 18.0 Å². The maximum atomic E-state index is 13.3. The minimum atomic E-state index is -3.66. The zero-order valence-corrected chi connectivity index (χ0v) is 19.4. The van der Waals surface area contributed by atoms with E-state index in [2.05, 4.69) is 16.8 Å². The Morgan fingerprint density at radius 1 is 1.19 bits per heavy atom. The van der Waals surface area contributed by atoms with Gasteiger partial charge in [0.15, 0.2) is 0 Å². The number of carbonyl (C=O) groups is 2. The standard InChI is InChI=1S/C23H32N4O4S/c1-2-25-15-10-18-16-20(8-9-21(18)25)32(30,31)27-14-3-6-19(17-27)23(29)24-11-5-13-26-12-4-7-22(26)28/h8-10,15-16,19H,2-7,11-14,17H2,1H3,(H,24,29)/t19-/m0/s1. The van der Waals surface area contributed by atoms with E-state index in [0.717, 1.165) is 30.4 Å². The van der Waals surface area contributed by atoms with E-state index in [9.17, 15) is 18.0 Å². The topological polar surface area (TPSA) is 91.7 Å². The molecule has 0 bridgehead atoms. The highest BCUT2D eigenvalue weighted by molar-refractivity contribution is 7.89. The third-order valence-corrected chi connectivity index (χ3v) is 8.41. The number of benzene rings is 1. The molecule has 2 fully saturated rings. The number of fused-ring (bicyclic) bond motifs is 1. The number of nitrogens with zero attached hydrogens (tertiary/aromatic N) is 3. The van der Waals surface area contributed by atoms with E-state index in [1.54, 1.807) is 12.1 Å².